The van der Waals surface area contributed by atoms with Crippen LogP contribution in [0.5, 0.6) is 0 Å². The van der Waals surface area contributed by atoms with Gasteiger partial charge in [-0.25, -0.2) is 4.39 Å². The molecule has 0 amide bonds. The smallest absolute Gasteiger partial charge is 0.141 e. The van der Waals surface area contributed by atoms with Gasteiger partial charge >= 0.3 is 0 Å². The molecule has 1 saturated carbocycles. The van der Waals surface area contributed by atoms with Gasteiger partial charge in [-0.15, -0.1) is 0 Å². The second-order valence-corrected chi connectivity index (χ2v) is 8.56. The van der Waals surface area contributed by atoms with Crippen molar-refractivity contribution in [2.24, 2.45) is 5.41 Å². The molecule has 118 valence electrons. The van der Waals surface area contributed by atoms with Gasteiger partial charge in [0.15, 0.2) is 0 Å². The summed E-state index contributed by atoms with van der Waals surface area (Å²) >= 11 is 5.83. The van der Waals surface area contributed by atoms with Crippen LogP contribution >= 0.6 is 11.6 Å². The molecule has 21 heavy (non-hydrogen) atoms. The Labute approximate surface area is 133 Å². The quantitative estimate of drug-likeness (QED) is 0.898. The molecule has 1 aromatic rings. The van der Waals surface area contributed by atoms with Gasteiger partial charge in [-0.05, 0) is 49.4 Å². The molecule has 2 rings (SSSR count). The first-order valence-corrected chi connectivity index (χ1v) is 9.02. The third kappa shape index (κ3) is 4.05. The van der Waals surface area contributed by atoms with Crippen molar-refractivity contribution in [3.8, 4) is 0 Å². The van der Waals surface area contributed by atoms with Crippen LogP contribution in [0.1, 0.15) is 40.0 Å². The fraction of sp³-hybridized carbons (Fsp3) is 0.625. The highest BCUT2D eigenvalue weighted by molar-refractivity contribution is 7.85. The van der Waals surface area contributed by atoms with Crippen LogP contribution in [0.2, 0.25) is 5.02 Å². The average molecular weight is 332 g/mol. The van der Waals surface area contributed by atoms with Crippen molar-refractivity contribution in [2.75, 3.05) is 6.54 Å². The van der Waals surface area contributed by atoms with Crippen molar-refractivity contribution in [1.82, 2.24) is 5.32 Å². The lowest BCUT2D eigenvalue weighted by Gasteiger charge is -2.40. The molecule has 1 N–H and O–H groups in total. The maximum atomic E-state index is 13.3. The first-order valence-electron chi connectivity index (χ1n) is 7.43. The minimum Gasteiger partial charge on any atom is -0.313 e. The Balaban J connectivity index is 2.26. The first-order chi connectivity index (χ1) is 9.84. The Hall–Kier alpha value is -0.450. The molecule has 0 spiro atoms. The highest BCUT2D eigenvalue weighted by atomic mass is 35.5. The zero-order chi connectivity index (χ0) is 15.6. The van der Waals surface area contributed by atoms with Crippen LogP contribution in [0.15, 0.2) is 23.1 Å². The lowest BCUT2D eigenvalue weighted by atomic mass is 9.75. The van der Waals surface area contributed by atoms with Crippen LogP contribution in [0.4, 0.5) is 4.39 Å². The van der Waals surface area contributed by atoms with Gasteiger partial charge in [0.1, 0.15) is 5.82 Å². The van der Waals surface area contributed by atoms with Crippen LogP contribution < -0.4 is 5.32 Å². The summed E-state index contributed by atoms with van der Waals surface area (Å²) in [6.07, 6.45) is 3.04. The maximum absolute atomic E-state index is 13.3. The van der Waals surface area contributed by atoms with Crippen molar-refractivity contribution in [3.63, 3.8) is 0 Å². The molecule has 0 radical (unpaired) electrons. The number of halogens is 2. The van der Waals surface area contributed by atoms with Gasteiger partial charge in [-0.2, -0.15) is 0 Å². The van der Waals surface area contributed by atoms with Gasteiger partial charge in [-0.3, -0.25) is 4.21 Å². The van der Waals surface area contributed by atoms with E-state index in [0.717, 1.165) is 25.8 Å². The Morgan fingerprint density at radius 3 is 2.81 bits per heavy atom. The molecule has 2 nitrogen and oxygen atoms in total. The van der Waals surface area contributed by atoms with Gasteiger partial charge in [0.05, 0.1) is 21.1 Å². The number of rotatable bonds is 4. The van der Waals surface area contributed by atoms with Crippen molar-refractivity contribution in [1.29, 1.82) is 0 Å². The maximum Gasteiger partial charge on any atom is 0.141 e. The summed E-state index contributed by atoms with van der Waals surface area (Å²) in [6, 6.07) is 4.62. The van der Waals surface area contributed by atoms with E-state index in [1.807, 2.05) is 0 Å². The van der Waals surface area contributed by atoms with E-state index in [0.29, 0.717) is 4.90 Å². The predicted molar refractivity (Wildman–Crippen MR) is 86.7 cm³/mol. The van der Waals surface area contributed by atoms with E-state index >= 15 is 0 Å². The normalized spacial score (nSPS) is 26.5. The molecule has 0 aliphatic heterocycles. The minimum absolute atomic E-state index is 0.0372. The molecule has 3 unspecified atom stereocenters. The molecular formula is C16H23ClFNOS. The zero-order valence-corrected chi connectivity index (χ0v) is 14.4. The van der Waals surface area contributed by atoms with Gasteiger partial charge in [0.2, 0.25) is 0 Å². The molecular weight excluding hydrogens is 309 g/mol. The summed E-state index contributed by atoms with van der Waals surface area (Å²) in [5.41, 5.74) is 0.191. The Kier molecular flexibility index (Phi) is 5.44. The van der Waals surface area contributed by atoms with Gasteiger partial charge in [-0.1, -0.05) is 32.4 Å². The summed E-state index contributed by atoms with van der Waals surface area (Å²) in [7, 11) is -1.18. The second-order valence-electron chi connectivity index (χ2n) is 6.48. The van der Waals surface area contributed by atoms with E-state index in [1.165, 1.54) is 12.1 Å². The van der Waals surface area contributed by atoms with Crippen molar-refractivity contribution >= 4 is 22.4 Å². The average Bonchev–Trinajstić information content (AvgIpc) is 2.43. The minimum atomic E-state index is -1.18. The van der Waals surface area contributed by atoms with Crippen LogP contribution in [0.3, 0.4) is 0 Å². The summed E-state index contributed by atoms with van der Waals surface area (Å²) in [5, 5.41) is 3.52. The molecule has 0 saturated heterocycles. The third-order valence-electron chi connectivity index (χ3n) is 4.20. The van der Waals surface area contributed by atoms with Gasteiger partial charge in [0, 0.05) is 10.9 Å². The molecule has 1 aliphatic rings. The SMILES string of the molecule is CCNC1CCC(C)(C)CC1S(=O)c1ccc(F)c(Cl)c1. The van der Waals surface area contributed by atoms with Gasteiger partial charge in [0.25, 0.3) is 0 Å². The second kappa shape index (κ2) is 6.76. The van der Waals surface area contributed by atoms with Crippen LogP contribution in [-0.2, 0) is 10.8 Å². The Morgan fingerprint density at radius 2 is 2.19 bits per heavy atom. The number of benzene rings is 1. The van der Waals surface area contributed by atoms with E-state index in [9.17, 15) is 8.60 Å². The lowest BCUT2D eigenvalue weighted by Crippen LogP contribution is -2.48. The van der Waals surface area contributed by atoms with E-state index < -0.39 is 16.6 Å². The highest BCUT2D eigenvalue weighted by Crippen LogP contribution is 2.39. The number of hydrogen-bond donors (Lipinski definition) is 1. The molecule has 0 aromatic heterocycles. The standard InChI is InChI=1S/C16H23ClFNOS/c1-4-19-14-7-8-16(2,3)10-15(14)21(20)11-5-6-13(18)12(17)9-11/h5-6,9,14-15,19H,4,7-8,10H2,1-3H3. The topological polar surface area (TPSA) is 29.1 Å². The largest absolute Gasteiger partial charge is 0.313 e. The Morgan fingerprint density at radius 1 is 1.48 bits per heavy atom. The molecule has 5 heteroatoms. The molecule has 1 aliphatic carbocycles. The molecule has 1 aromatic carbocycles. The Bertz CT molecular complexity index is 535. The number of hydrogen-bond acceptors (Lipinski definition) is 2. The molecule has 0 bridgehead atoms. The fourth-order valence-electron chi connectivity index (χ4n) is 3.02. The summed E-state index contributed by atoms with van der Waals surface area (Å²) in [4.78, 5) is 0.618. The van der Waals surface area contributed by atoms with E-state index in [-0.39, 0.29) is 21.7 Å². The monoisotopic (exact) mass is 331 g/mol. The third-order valence-corrected chi connectivity index (χ3v) is 6.25. The zero-order valence-electron chi connectivity index (χ0n) is 12.8. The van der Waals surface area contributed by atoms with Crippen LogP contribution in [0.25, 0.3) is 0 Å². The van der Waals surface area contributed by atoms with Crippen molar-refractivity contribution < 1.29 is 8.60 Å². The highest BCUT2D eigenvalue weighted by Gasteiger charge is 2.38. The van der Waals surface area contributed by atoms with Crippen molar-refractivity contribution in [2.45, 2.75) is 56.2 Å². The predicted octanol–water partition coefficient (Wildman–Crippen LogP) is 4.14. The van der Waals surface area contributed by atoms with E-state index in [1.54, 1.807) is 6.07 Å². The van der Waals surface area contributed by atoms with E-state index in [2.05, 4.69) is 26.1 Å². The first kappa shape index (κ1) is 16.9. The van der Waals surface area contributed by atoms with Gasteiger partial charge < -0.3 is 5.32 Å². The van der Waals surface area contributed by atoms with Crippen LogP contribution in [-0.4, -0.2) is 22.0 Å². The summed E-state index contributed by atoms with van der Waals surface area (Å²) in [5.74, 6) is -0.468. The fourth-order valence-corrected chi connectivity index (χ4v) is 5.18. The molecule has 1 fully saturated rings. The summed E-state index contributed by atoms with van der Waals surface area (Å²) in [6.45, 7) is 7.37. The van der Waals surface area contributed by atoms with E-state index in [4.69, 9.17) is 11.6 Å². The van der Waals surface area contributed by atoms with Crippen LogP contribution in [0, 0.1) is 11.2 Å². The molecule has 3 atom stereocenters. The number of nitrogens with one attached hydrogen (secondary N) is 1. The summed E-state index contributed by atoms with van der Waals surface area (Å²) < 4.78 is 26.2. The van der Waals surface area contributed by atoms with Crippen molar-refractivity contribution in [3.05, 3.63) is 29.0 Å². The molecule has 0 heterocycles. The lowest BCUT2D eigenvalue weighted by molar-refractivity contribution is 0.213.